The van der Waals surface area contributed by atoms with Crippen molar-refractivity contribution in [2.45, 2.75) is 19.4 Å². The molecule has 9 heteroatoms. The van der Waals surface area contributed by atoms with E-state index in [1.807, 2.05) is 0 Å². The van der Waals surface area contributed by atoms with Gasteiger partial charge < -0.3 is 25.1 Å². The molecule has 1 rings (SSSR count). The van der Waals surface area contributed by atoms with E-state index >= 15 is 0 Å². The molecular weight excluding hydrogens is 464 g/mol. The van der Waals surface area contributed by atoms with E-state index in [0.29, 0.717) is 0 Å². The summed E-state index contributed by atoms with van der Waals surface area (Å²) < 4.78 is 10.8. The summed E-state index contributed by atoms with van der Waals surface area (Å²) >= 11 is 0. The summed E-state index contributed by atoms with van der Waals surface area (Å²) in [5.74, 6) is -2.49. The minimum atomic E-state index is -4.76. The molecule has 1 heterocycles. The molecule has 93 valence electrons. The normalized spacial score (nSPS) is 13.0. The molecule has 0 saturated heterocycles. The molecule has 0 aliphatic rings. The van der Waals surface area contributed by atoms with Crippen LogP contribution in [-0.4, -0.2) is 30.1 Å². The summed E-state index contributed by atoms with van der Waals surface area (Å²) in [7, 11) is -4.76. The van der Waals surface area contributed by atoms with Crippen molar-refractivity contribution in [3.05, 3.63) is 23.0 Å². The van der Waals surface area contributed by atoms with Gasteiger partial charge >= 0.3 is 7.60 Å². The van der Waals surface area contributed by atoms with Crippen molar-refractivity contribution < 1.29 is 73.7 Å². The van der Waals surface area contributed by atoms with Gasteiger partial charge in [-0.15, -0.1) is 0 Å². The first-order valence-electron chi connectivity index (χ1n) is 4.30. The Morgan fingerprint density at radius 1 is 1.47 bits per heavy atom. The van der Waals surface area contributed by atoms with Crippen molar-refractivity contribution >= 4 is 7.60 Å². The van der Waals surface area contributed by atoms with E-state index in [2.05, 4.69) is 4.98 Å². The van der Waals surface area contributed by atoms with Crippen LogP contribution < -0.4 is 0 Å². The Morgan fingerprint density at radius 2 is 2.00 bits per heavy atom. The number of hydrogen-bond donors (Lipinski definition) is 5. The van der Waals surface area contributed by atoms with Crippen LogP contribution in [0.1, 0.15) is 22.7 Å². The molecule has 0 aliphatic heterocycles. The van der Waals surface area contributed by atoms with Gasteiger partial charge in [0.1, 0.15) is 5.75 Å². The van der Waals surface area contributed by atoms with Gasteiger partial charge in [0, 0.05) is 61.4 Å². The first-order valence-corrected chi connectivity index (χ1v) is 5.98. The van der Waals surface area contributed by atoms with Gasteiger partial charge in [-0.25, -0.2) is 0 Å². The Hall–Kier alpha value is 0.462. The van der Waals surface area contributed by atoms with Crippen molar-refractivity contribution in [3.63, 3.8) is 0 Å². The predicted molar refractivity (Wildman–Crippen MR) is 53.6 cm³/mol. The van der Waals surface area contributed by atoms with Crippen LogP contribution in [0.15, 0.2) is 6.20 Å². The van der Waals surface area contributed by atoms with Gasteiger partial charge in [-0.1, -0.05) is 0 Å². The Bertz CT molecular complexity index is 448. The largest absolute Gasteiger partial charge is 0.506 e. The molecule has 1 aromatic rings. The van der Waals surface area contributed by atoms with Gasteiger partial charge in [0.25, 0.3) is 0 Å². The molecule has 17 heavy (non-hydrogen) atoms. The third-order valence-corrected chi connectivity index (χ3v) is 3.04. The molecule has 1 aromatic heterocycles. The Morgan fingerprint density at radius 3 is 2.41 bits per heavy atom. The van der Waals surface area contributed by atoms with Crippen molar-refractivity contribution in [1.82, 2.24) is 4.98 Å². The SMILES string of the molecule is Cc1ncc(C(O)P(=O)(O)O)c(CO)c1O.[Ac]. The first-order chi connectivity index (χ1) is 7.29. The van der Waals surface area contributed by atoms with Crippen LogP contribution in [0, 0.1) is 51.0 Å². The van der Waals surface area contributed by atoms with Crippen LogP contribution >= 0.6 is 7.60 Å². The molecule has 0 fully saturated rings. The van der Waals surface area contributed by atoms with Crippen molar-refractivity contribution in [2.75, 3.05) is 0 Å². The zero-order valence-electron chi connectivity index (χ0n) is 8.98. The number of rotatable bonds is 3. The maximum atomic E-state index is 10.8. The van der Waals surface area contributed by atoms with Crippen LogP contribution in [0.3, 0.4) is 0 Å². The summed E-state index contributed by atoms with van der Waals surface area (Å²) in [5.41, 5.74) is -0.215. The van der Waals surface area contributed by atoms with E-state index in [1.54, 1.807) is 0 Å². The van der Waals surface area contributed by atoms with Crippen LogP contribution in [0.4, 0.5) is 0 Å². The fourth-order valence-corrected chi connectivity index (χ4v) is 1.82. The van der Waals surface area contributed by atoms with Gasteiger partial charge in [0.05, 0.1) is 12.3 Å². The van der Waals surface area contributed by atoms with Crippen molar-refractivity contribution in [2.24, 2.45) is 0 Å². The van der Waals surface area contributed by atoms with E-state index < -0.39 is 20.0 Å². The minimum absolute atomic E-state index is 0. The summed E-state index contributed by atoms with van der Waals surface area (Å²) in [6, 6.07) is 0. The predicted octanol–water partition coefficient (Wildman–Crippen LogP) is -0.243. The number of pyridine rings is 1. The molecule has 5 N–H and O–H groups in total. The standard InChI is InChI=1S/C8H12NO6P.Ac/c1-4-7(11)6(3-10)5(2-9-4)8(12)16(13,14)15;/h2,8,10-12H,3H2,1H3,(H2,13,14,15);. The number of nitrogens with zero attached hydrogens (tertiary/aromatic N) is 1. The molecule has 1 radical (unpaired) electrons. The van der Waals surface area contributed by atoms with E-state index in [-0.39, 0.29) is 66.6 Å². The number of aliphatic hydroxyl groups is 2. The zero-order valence-corrected chi connectivity index (χ0v) is 14.6. The first kappa shape index (κ1) is 17.5. The molecular formula is C8H12AcNO6P. The molecule has 1 atom stereocenters. The van der Waals surface area contributed by atoms with E-state index in [0.717, 1.165) is 6.20 Å². The summed E-state index contributed by atoms with van der Waals surface area (Å²) in [6.45, 7) is 0.809. The summed E-state index contributed by atoms with van der Waals surface area (Å²) in [4.78, 5) is 21.2. The molecule has 0 aliphatic carbocycles. The summed E-state index contributed by atoms with van der Waals surface area (Å²) in [6.07, 6.45) is 1.02. The zero-order chi connectivity index (χ0) is 12.5. The molecule has 0 amide bonds. The van der Waals surface area contributed by atoms with Gasteiger partial charge in [-0.3, -0.25) is 9.55 Å². The second-order valence-corrected chi connectivity index (χ2v) is 4.91. The van der Waals surface area contributed by atoms with Crippen molar-refractivity contribution in [1.29, 1.82) is 0 Å². The maximum Gasteiger partial charge on any atom is 0.358 e. The molecule has 1 unspecified atom stereocenters. The Labute approximate surface area is 133 Å². The fraction of sp³-hybridized carbons (Fsp3) is 0.375. The number of hydrogen-bond acceptors (Lipinski definition) is 5. The molecule has 0 aromatic carbocycles. The average molecular weight is 476 g/mol. The topological polar surface area (TPSA) is 131 Å². The van der Waals surface area contributed by atoms with Crippen LogP contribution in [0.5, 0.6) is 5.75 Å². The van der Waals surface area contributed by atoms with Crippen LogP contribution in [0.2, 0.25) is 0 Å². The van der Waals surface area contributed by atoms with Gasteiger partial charge in [0.15, 0.2) is 5.85 Å². The van der Waals surface area contributed by atoms with Gasteiger partial charge in [-0.05, 0) is 6.92 Å². The third-order valence-electron chi connectivity index (χ3n) is 2.13. The molecule has 7 nitrogen and oxygen atoms in total. The Kier molecular flexibility index (Phi) is 6.76. The fourth-order valence-electron chi connectivity index (χ4n) is 1.23. The van der Waals surface area contributed by atoms with Gasteiger partial charge in [-0.2, -0.15) is 0 Å². The van der Waals surface area contributed by atoms with E-state index in [4.69, 9.17) is 14.9 Å². The number of aliphatic hydroxyl groups excluding tert-OH is 2. The molecule has 0 saturated carbocycles. The second kappa shape index (κ2) is 6.58. The minimum Gasteiger partial charge on any atom is -0.506 e. The monoisotopic (exact) mass is 476 g/mol. The average Bonchev–Trinajstić information content (AvgIpc) is 2.19. The third kappa shape index (κ3) is 3.97. The number of aryl methyl sites for hydroxylation is 1. The molecule has 0 spiro atoms. The van der Waals surface area contributed by atoms with Gasteiger partial charge in [0.2, 0.25) is 0 Å². The van der Waals surface area contributed by atoms with Crippen LogP contribution in [0.25, 0.3) is 0 Å². The number of aromatic nitrogens is 1. The second-order valence-electron chi connectivity index (χ2n) is 3.25. The van der Waals surface area contributed by atoms with Crippen molar-refractivity contribution in [3.8, 4) is 5.75 Å². The van der Waals surface area contributed by atoms with Crippen LogP contribution in [-0.2, 0) is 11.2 Å². The van der Waals surface area contributed by atoms with E-state index in [9.17, 15) is 14.8 Å². The van der Waals surface area contributed by atoms with E-state index in [1.165, 1.54) is 6.92 Å². The number of aromatic hydroxyl groups is 1. The summed E-state index contributed by atoms with van der Waals surface area (Å²) in [5, 5.41) is 27.9. The maximum absolute atomic E-state index is 10.8. The Balaban J connectivity index is 0.00000256. The smallest absolute Gasteiger partial charge is 0.358 e. The molecule has 0 bridgehead atoms. The quantitative estimate of drug-likeness (QED) is 0.381.